The zero-order chi connectivity index (χ0) is 22.6. The average molecular weight is 467 g/mol. The molecule has 0 N–H and O–H groups in total. The lowest BCUT2D eigenvalue weighted by Gasteiger charge is -2.35. The van der Waals surface area contributed by atoms with Gasteiger partial charge in [-0.1, -0.05) is 23.2 Å². The number of benzene rings is 2. The second-order valence-corrected chi connectivity index (χ2v) is 9.52. The number of hydrogen-bond acceptors (Lipinski definition) is 5. The van der Waals surface area contributed by atoms with E-state index in [-0.39, 0.29) is 11.9 Å². The van der Waals surface area contributed by atoms with Gasteiger partial charge < -0.3 is 14.4 Å². The normalized spacial score (nSPS) is 15.8. The van der Waals surface area contributed by atoms with Crippen molar-refractivity contribution in [3.8, 4) is 11.5 Å². The van der Waals surface area contributed by atoms with E-state index in [2.05, 4.69) is 24.9 Å². The largest absolute Gasteiger partial charge is 0.493 e. The van der Waals surface area contributed by atoms with E-state index in [4.69, 9.17) is 21.1 Å². The standard InChI is InChI=1S/C25H23ClN2O3S/c1-13-5-6-19-17(9-13)23-18(24(26)27-19)12-22(32-23)25(29)28-8-7-15-10-20(30-3)21(31-4)11-16(15)14(28)2/h5-6,9-12,14H,7-8H2,1-4H3. The van der Waals surface area contributed by atoms with E-state index in [9.17, 15) is 4.79 Å². The molecule has 1 aliphatic heterocycles. The summed E-state index contributed by atoms with van der Waals surface area (Å²) in [6.07, 6.45) is 0.765. The molecule has 164 valence electrons. The number of amides is 1. The summed E-state index contributed by atoms with van der Waals surface area (Å²) in [6, 6.07) is 11.9. The van der Waals surface area contributed by atoms with Crippen LogP contribution in [0.3, 0.4) is 0 Å². The highest BCUT2D eigenvalue weighted by molar-refractivity contribution is 7.21. The number of ether oxygens (including phenoxy) is 2. The lowest BCUT2D eigenvalue weighted by molar-refractivity contribution is 0.0682. The Labute approximate surface area is 195 Å². The van der Waals surface area contributed by atoms with E-state index < -0.39 is 0 Å². The first-order valence-electron chi connectivity index (χ1n) is 10.5. The third kappa shape index (κ3) is 3.29. The molecule has 5 nitrogen and oxygen atoms in total. The predicted molar refractivity (Wildman–Crippen MR) is 130 cm³/mol. The summed E-state index contributed by atoms with van der Waals surface area (Å²) in [5, 5.41) is 2.29. The number of halogens is 1. The van der Waals surface area contributed by atoms with Gasteiger partial charge in [-0.05, 0) is 61.7 Å². The van der Waals surface area contributed by atoms with Crippen molar-refractivity contribution in [3.05, 3.63) is 63.1 Å². The number of nitrogens with zero attached hydrogens (tertiary/aromatic N) is 2. The van der Waals surface area contributed by atoms with Gasteiger partial charge in [-0.15, -0.1) is 11.3 Å². The van der Waals surface area contributed by atoms with Crippen LogP contribution in [0.25, 0.3) is 21.0 Å². The van der Waals surface area contributed by atoms with E-state index >= 15 is 0 Å². The molecule has 0 bridgehead atoms. The van der Waals surface area contributed by atoms with Gasteiger partial charge in [0.1, 0.15) is 5.15 Å². The molecule has 1 unspecified atom stereocenters. The summed E-state index contributed by atoms with van der Waals surface area (Å²) in [4.78, 5) is 20.7. The molecule has 32 heavy (non-hydrogen) atoms. The molecule has 1 aliphatic rings. The zero-order valence-corrected chi connectivity index (χ0v) is 19.9. The minimum atomic E-state index is -0.0798. The highest BCUT2D eigenvalue weighted by Crippen LogP contribution is 2.40. The van der Waals surface area contributed by atoms with Gasteiger partial charge in [-0.3, -0.25) is 4.79 Å². The second-order valence-electron chi connectivity index (χ2n) is 8.11. The Balaban J connectivity index is 1.55. The van der Waals surface area contributed by atoms with Gasteiger partial charge in [-0.2, -0.15) is 0 Å². The maximum Gasteiger partial charge on any atom is 0.264 e. The Bertz CT molecular complexity index is 1380. The van der Waals surface area contributed by atoms with E-state index in [0.29, 0.717) is 28.1 Å². The number of thiophene rings is 1. The molecule has 1 amide bonds. The molecule has 0 spiro atoms. The molecule has 7 heteroatoms. The first-order valence-corrected chi connectivity index (χ1v) is 11.7. The maximum atomic E-state index is 13.6. The van der Waals surface area contributed by atoms with Crippen molar-refractivity contribution >= 4 is 49.8 Å². The number of rotatable bonds is 3. The molecule has 3 heterocycles. The van der Waals surface area contributed by atoms with Crippen LogP contribution < -0.4 is 9.47 Å². The fourth-order valence-electron chi connectivity index (χ4n) is 4.51. The quantitative estimate of drug-likeness (QED) is 0.338. The van der Waals surface area contributed by atoms with Crippen molar-refractivity contribution < 1.29 is 14.3 Å². The Morgan fingerprint density at radius 1 is 1.12 bits per heavy atom. The number of pyridine rings is 1. The number of fused-ring (bicyclic) bond motifs is 4. The van der Waals surface area contributed by atoms with Crippen LogP contribution in [-0.2, 0) is 6.42 Å². The van der Waals surface area contributed by atoms with E-state index in [1.807, 2.05) is 35.2 Å². The molecular formula is C25H23ClN2O3S. The second kappa shape index (κ2) is 7.94. The Hall–Kier alpha value is -2.83. The number of aromatic nitrogens is 1. The fourth-order valence-corrected chi connectivity index (χ4v) is 5.94. The van der Waals surface area contributed by atoms with E-state index in [0.717, 1.165) is 38.5 Å². The van der Waals surface area contributed by atoms with E-state index in [1.54, 1.807) is 14.2 Å². The molecule has 0 aliphatic carbocycles. The minimum absolute atomic E-state index is 0.0102. The summed E-state index contributed by atoms with van der Waals surface area (Å²) in [5.41, 5.74) is 4.26. The first kappa shape index (κ1) is 21.0. The molecule has 0 saturated heterocycles. The summed E-state index contributed by atoms with van der Waals surface area (Å²) in [7, 11) is 3.26. The molecule has 5 rings (SSSR count). The van der Waals surface area contributed by atoms with E-state index in [1.165, 1.54) is 16.9 Å². The zero-order valence-electron chi connectivity index (χ0n) is 18.4. The summed E-state index contributed by atoms with van der Waals surface area (Å²) < 4.78 is 11.9. The van der Waals surface area contributed by atoms with Crippen molar-refractivity contribution in [2.75, 3.05) is 20.8 Å². The van der Waals surface area contributed by atoms with Gasteiger partial charge in [0.15, 0.2) is 11.5 Å². The number of carbonyl (C=O) groups is 1. The first-order chi connectivity index (χ1) is 15.4. The molecule has 0 saturated carbocycles. The third-order valence-corrected chi connectivity index (χ3v) is 7.67. The van der Waals surface area contributed by atoms with Crippen molar-refractivity contribution in [2.24, 2.45) is 0 Å². The lowest BCUT2D eigenvalue weighted by atomic mass is 9.92. The van der Waals surface area contributed by atoms with Crippen LogP contribution in [0.15, 0.2) is 36.4 Å². The Morgan fingerprint density at radius 3 is 2.62 bits per heavy atom. The van der Waals surface area contributed by atoms with Crippen LogP contribution in [0.5, 0.6) is 11.5 Å². The fraction of sp³-hybridized carbons (Fsp3) is 0.280. The minimum Gasteiger partial charge on any atom is -0.493 e. The van der Waals surface area contributed by atoms with Gasteiger partial charge in [0.25, 0.3) is 5.91 Å². The van der Waals surface area contributed by atoms with Crippen molar-refractivity contribution in [2.45, 2.75) is 26.3 Å². The Kier molecular flexibility index (Phi) is 5.22. The number of aryl methyl sites for hydroxylation is 1. The highest BCUT2D eigenvalue weighted by atomic mass is 35.5. The molecular weight excluding hydrogens is 444 g/mol. The van der Waals surface area contributed by atoms with Gasteiger partial charge >= 0.3 is 0 Å². The van der Waals surface area contributed by atoms with Gasteiger partial charge in [0, 0.05) is 22.0 Å². The van der Waals surface area contributed by atoms with Gasteiger partial charge in [0.05, 0.1) is 30.7 Å². The maximum absolute atomic E-state index is 13.6. The number of hydrogen-bond donors (Lipinski definition) is 0. The van der Waals surface area contributed by atoms with Gasteiger partial charge in [0.2, 0.25) is 0 Å². The smallest absolute Gasteiger partial charge is 0.264 e. The van der Waals surface area contributed by atoms with Crippen LogP contribution in [0.1, 0.15) is 39.3 Å². The average Bonchev–Trinajstić information content (AvgIpc) is 3.25. The molecule has 1 atom stereocenters. The molecule has 0 fully saturated rings. The van der Waals surface area contributed by atoms with Crippen LogP contribution in [-0.4, -0.2) is 36.6 Å². The van der Waals surface area contributed by atoms with Gasteiger partial charge in [-0.25, -0.2) is 4.98 Å². The van der Waals surface area contributed by atoms with Crippen LogP contribution in [0.4, 0.5) is 0 Å². The van der Waals surface area contributed by atoms with Crippen molar-refractivity contribution in [1.82, 2.24) is 9.88 Å². The summed E-state index contributed by atoms with van der Waals surface area (Å²) in [5.74, 6) is 1.40. The highest BCUT2D eigenvalue weighted by Gasteiger charge is 2.31. The SMILES string of the molecule is COc1cc2c(cc1OC)C(C)N(C(=O)c1cc3c(Cl)nc4ccc(C)cc4c3s1)CC2. The molecule has 0 radical (unpaired) electrons. The number of methoxy groups -OCH3 is 2. The lowest BCUT2D eigenvalue weighted by Crippen LogP contribution is -2.38. The van der Waals surface area contributed by atoms with Crippen molar-refractivity contribution in [3.63, 3.8) is 0 Å². The Morgan fingerprint density at radius 2 is 1.88 bits per heavy atom. The molecule has 2 aromatic heterocycles. The van der Waals surface area contributed by atoms with Crippen LogP contribution >= 0.6 is 22.9 Å². The topological polar surface area (TPSA) is 51.7 Å². The van der Waals surface area contributed by atoms with Crippen LogP contribution in [0, 0.1) is 6.92 Å². The predicted octanol–water partition coefficient (Wildman–Crippen LogP) is 6.19. The summed E-state index contributed by atoms with van der Waals surface area (Å²) >= 11 is 7.97. The summed E-state index contributed by atoms with van der Waals surface area (Å²) in [6.45, 7) is 4.75. The molecule has 4 aromatic rings. The van der Waals surface area contributed by atoms with Crippen molar-refractivity contribution in [1.29, 1.82) is 0 Å². The number of carbonyl (C=O) groups excluding carboxylic acids is 1. The molecule has 2 aromatic carbocycles. The monoisotopic (exact) mass is 466 g/mol. The third-order valence-electron chi connectivity index (χ3n) is 6.23. The van der Waals surface area contributed by atoms with Crippen LogP contribution in [0.2, 0.25) is 5.15 Å².